The number of rotatable bonds is 7. The van der Waals surface area contributed by atoms with Gasteiger partial charge in [0.15, 0.2) is 12.4 Å². The summed E-state index contributed by atoms with van der Waals surface area (Å²) >= 11 is 0. The molecule has 0 aliphatic heterocycles. The number of hydrogen-bond acceptors (Lipinski definition) is 6. The number of nitrogens with zero attached hydrogens (tertiary/aromatic N) is 2. The molecular formula is C20H23N3O5. The first-order valence-electron chi connectivity index (χ1n) is 8.58. The monoisotopic (exact) mass is 385 g/mol. The maximum atomic E-state index is 11.8. The van der Waals surface area contributed by atoms with E-state index in [1.165, 1.54) is 31.0 Å². The summed E-state index contributed by atoms with van der Waals surface area (Å²) in [6.45, 7) is 6.15. The second-order valence-electron chi connectivity index (χ2n) is 7.04. The van der Waals surface area contributed by atoms with E-state index in [4.69, 9.17) is 9.47 Å². The van der Waals surface area contributed by atoms with Gasteiger partial charge in [-0.25, -0.2) is 5.43 Å². The highest BCUT2D eigenvalue weighted by molar-refractivity contribution is 5.84. The third-order valence-electron chi connectivity index (χ3n) is 3.89. The van der Waals surface area contributed by atoms with Gasteiger partial charge in [-0.3, -0.25) is 14.9 Å². The van der Waals surface area contributed by atoms with Crippen LogP contribution in [0.25, 0.3) is 0 Å². The fraction of sp³-hybridized carbons (Fsp3) is 0.300. The fourth-order valence-corrected chi connectivity index (χ4v) is 2.34. The molecule has 2 aromatic carbocycles. The molecule has 28 heavy (non-hydrogen) atoms. The van der Waals surface area contributed by atoms with Crippen LogP contribution in [0.3, 0.4) is 0 Å². The Morgan fingerprint density at radius 3 is 2.46 bits per heavy atom. The average molecular weight is 385 g/mol. The number of nitro benzene ring substituents is 1. The second kappa shape index (κ2) is 8.98. The largest absolute Gasteiger partial charge is 0.490 e. The summed E-state index contributed by atoms with van der Waals surface area (Å²) in [6.07, 6.45) is 1.31. The number of carbonyl (C=O) groups excluding carboxylic acids is 1. The molecule has 0 aliphatic rings. The van der Waals surface area contributed by atoms with Crippen molar-refractivity contribution in [1.29, 1.82) is 0 Å². The Morgan fingerprint density at radius 1 is 1.21 bits per heavy atom. The molecule has 148 valence electrons. The Labute approximate surface area is 163 Å². The molecule has 0 radical (unpaired) electrons. The van der Waals surface area contributed by atoms with Crippen LogP contribution < -0.4 is 14.9 Å². The van der Waals surface area contributed by atoms with Gasteiger partial charge in [-0.1, -0.05) is 32.9 Å². The van der Waals surface area contributed by atoms with Crippen molar-refractivity contribution in [3.05, 3.63) is 63.7 Å². The SMILES string of the molecule is COc1ccc(/C=N/NC(=O)COc2ccc(C(C)(C)C)cc2)cc1[N+](=O)[O-]. The number of carbonyl (C=O) groups is 1. The predicted molar refractivity (Wildman–Crippen MR) is 106 cm³/mol. The van der Waals surface area contributed by atoms with Gasteiger partial charge in [-0.15, -0.1) is 0 Å². The summed E-state index contributed by atoms with van der Waals surface area (Å²) in [5.41, 5.74) is 3.80. The van der Waals surface area contributed by atoms with E-state index in [0.29, 0.717) is 11.3 Å². The summed E-state index contributed by atoms with van der Waals surface area (Å²) in [7, 11) is 1.35. The third kappa shape index (κ3) is 5.80. The van der Waals surface area contributed by atoms with E-state index in [1.54, 1.807) is 6.07 Å². The average Bonchev–Trinajstić information content (AvgIpc) is 2.66. The molecule has 8 nitrogen and oxygen atoms in total. The molecule has 8 heteroatoms. The summed E-state index contributed by atoms with van der Waals surface area (Å²) in [4.78, 5) is 22.3. The highest BCUT2D eigenvalue weighted by Gasteiger charge is 2.15. The Hall–Kier alpha value is -3.42. The van der Waals surface area contributed by atoms with Gasteiger partial charge in [0.1, 0.15) is 5.75 Å². The number of methoxy groups -OCH3 is 1. The Balaban J connectivity index is 1.88. The van der Waals surface area contributed by atoms with Gasteiger partial charge in [0.25, 0.3) is 5.91 Å². The van der Waals surface area contributed by atoms with Gasteiger partial charge in [-0.05, 0) is 35.2 Å². The molecular weight excluding hydrogens is 362 g/mol. The van der Waals surface area contributed by atoms with E-state index in [-0.39, 0.29) is 23.5 Å². The highest BCUT2D eigenvalue weighted by Crippen LogP contribution is 2.27. The quantitative estimate of drug-likeness (QED) is 0.447. The molecule has 0 fully saturated rings. The topological polar surface area (TPSA) is 103 Å². The minimum Gasteiger partial charge on any atom is -0.490 e. The molecule has 1 amide bonds. The van der Waals surface area contributed by atoms with Gasteiger partial charge in [0.2, 0.25) is 0 Å². The maximum Gasteiger partial charge on any atom is 0.311 e. The van der Waals surface area contributed by atoms with E-state index >= 15 is 0 Å². The molecule has 0 heterocycles. The zero-order valence-corrected chi connectivity index (χ0v) is 16.3. The zero-order valence-electron chi connectivity index (χ0n) is 16.3. The predicted octanol–water partition coefficient (Wildman–Crippen LogP) is 3.43. The highest BCUT2D eigenvalue weighted by atomic mass is 16.6. The molecule has 2 rings (SSSR count). The lowest BCUT2D eigenvalue weighted by atomic mass is 9.87. The number of benzene rings is 2. The zero-order chi connectivity index (χ0) is 20.7. The summed E-state index contributed by atoms with van der Waals surface area (Å²) in [5, 5.41) is 14.8. The van der Waals surface area contributed by atoms with Crippen LogP contribution in [0, 0.1) is 10.1 Å². The van der Waals surface area contributed by atoms with Crippen molar-refractivity contribution < 1.29 is 19.2 Å². The van der Waals surface area contributed by atoms with E-state index in [2.05, 4.69) is 31.3 Å². The molecule has 0 saturated carbocycles. The fourth-order valence-electron chi connectivity index (χ4n) is 2.34. The van der Waals surface area contributed by atoms with Crippen LogP contribution in [0.1, 0.15) is 31.9 Å². The molecule has 0 atom stereocenters. The minimum atomic E-state index is -0.548. The van der Waals surface area contributed by atoms with Crippen LogP contribution in [-0.2, 0) is 10.2 Å². The van der Waals surface area contributed by atoms with Crippen LogP contribution in [0.2, 0.25) is 0 Å². The molecule has 0 aromatic heterocycles. The van der Waals surface area contributed by atoms with E-state index < -0.39 is 10.8 Å². The van der Waals surface area contributed by atoms with Crippen molar-refractivity contribution in [3.63, 3.8) is 0 Å². The summed E-state index contributed by atoms with van der Waals surface area (Å²) < 4.78 is 10.4. The number of hydrogen-bond donors (Lipinski definition) is 1. The van der Waals surface area contributed by atoms with Gasteiger partial charge < -0.3 is 9.47 Å². The number of nitrogens with one attached hydrogen (secondary N) is 1. The van der Waals surface area contributed by atoms with Crippen LogP contribution in [0.5, 0.6) is 11.5 Å². The normalized spacial score (nSPS) is 11.3. The lowest BCUT2D eigenvalue weighted by Gasteiger charge is -2.19. The minimum absolute atomic E-state index is 0.0428. The Kier molecular flexibility index (Phi) is 6.70. The molecule has 1 N–H and O–H groups in total. The van der Waals surface area contributed by atoms with Gasteiger partial charge in [0.05, 0.1) is 18.2 Å². The lowest BCUT2D eigenvalue weighted by molar-refractivity contribution is -0.385. The standard InChI is InChI=1S/C20H23N3O5/c1-20(2,3)15-6-8-16(9-7-15)28-13-19(24)22-21-12-14-5-10-18(27-4)17(11-14)23(25)26/h5-12H,13H2,1-4H3,(H,22,24)/b21-12+. The molecule has 0 saturated heterocycles. The Morgan fingerprint density at radius 2 is 1.89 bits per heavy atom. The number of amides is 1. The molecule has 0 unspecified atom stereocenters. The van der Waals surface area contributed by atoms with Gasteiger partial charge >= 0.3 is 5.69 Å². The number of ether oxygens (including phenoxy) is 2. The van der Waals surface area contributed by atoms with Crippen molar-refractivity contribution >= 4 is 17.8 Å². The van der Waals surface area contributed by atoms with Crippen molar-refractivity contribution in [3.8, 4) is 11.5 Å². The van der Waals surface area contributed by atoms with Crippen LogP contribution in [0.4, 0.5) is 5.69 Å². The summed E-state index contributed by atoms with van der Waals surface area (Å²) in [5.74, 6) is 0.286. The van der Waals surface area contributed by atoms with E-state index in [0.717, 1.165) is 0 Å². The number of nitro groups is 1. The van der Waals surface area contributed by atoms with E-state index in [1.807, 2.05) is 24.3 Å². The smallest absolute Gasteiger partial charge is 0.311 e. The molecule has 2 aromatic rings. The maximum absolute atomic E-state index is 11.8. The van der Waals surface area contributed by atoms with E-state index in [9.17, 15) is 14.9 Å². The van der Waals surface area contributed by atoms with Crippen molar-refractivity contribution in [2.24, 2.45) is 5.10 Å². The second-order valence-corrected chi connectivity index (χ2v) is 7.04. The van der Waals surface area contributed by atoms with Crippen molar-refractivity contribution in [2.45, 2.75) is 26.2 Å². The lowest BCUT2D eigenvalue weighted by Crippen LogP contribution is -2.24. The molecule has 0 aliphatic carbocycles. The number of hydrazone groups is 1. The first-order chi connectivity index (χ1) is 13.2. The van der Waals surface area contributed by atoms with Gasteiger partial charge in [0, 0.05) is 11.6 Å². The van der Waals surface area contributed by atoms with Crippen molar-refractivity contribution in [1.82, 2.24) is 5.43 Å². The van der Waals surface area contributed by atoms with Crippen molar-refractivity contribution in [2.75, 3.05) is 13.7 Å². The summed E-state index contributed by atoms with van der Waals surface area (Å²) in [6, 6.07) is 11.9. The Bertz CT molecular complexity index is 870. The first kappa shape index (κ1) is 20.9. The molecule has 0 bridgehead atoms. The van der Waals surface area contributed by atoms with Crippen LogP contribution >= 0.6 is 0 Å². The van der Waals surface area contributed by atoms with Crippen LogP contribution in [0.15, 0.2) is 47.6 Å². The first-order valence-corrected chi connectivity index (χ1v) is 8.58. The third-order valence-corrected chi connectivity index (χ3v) is 3.89. The van der Waals surface area contributed by atoms with Gasteiger partial charge in [-0.2, -0.15) is 5.10 Å². The molecule has 0 spiro atoms. The van der Waals surface area contributed by atoms with Crippen LogP contribution in [-0.4, -0.2) is 30.8 Å².